The van der Waals surface area contributed by atoms with E-state index in [1.165, 1.54) is 0 Å². The van der Waals surface area contributed by atoms with Crippen molar-refractivity contribution in [1.29, 1.82) is 0 Å². The number of nitrogens with two attached hydrogens (primary N) is 1. The molecule has 2 aromatic rings. The molecule has 98 valence electrons. The zero-order chi connectivity index (χ0) is 14.0. The van der Waals surface area contributed by atoms with E-state index in [1.54, 1.807) is 18.2 Å². The SMILES string of the molecule is Cc1cccc(C)c1NC(=O)c1c(N)cccc1Cl. The fourth-order valence-electron chi connectivity index (χ4n) is 1.97. The zero-order valence-electron chi connectivity index (χ0n) is 10.8. The molecular weight excluding hydrogens is 260 g/mol. The van der Waals surface area contributed by atoms with E-state index in [-0.39, 0.29) is 5.91 Å². The number of anilines is 2. The lowest BCUT2D eigenvalue weighted by Crippen LogP contribution is -2.16. The van der Waals surface area contributed by atoms with Crippen LogP contribution >= 0.6 is 11.6 Å². The molecule has 0 saturated carbocycles. The van der Waals surface area contributed by atoms with Gasteiger partial charge >= 0.3 is 0 Å². The van der Waals surface area contributed by atoms with Crippen molar-refractivity contribution < 1.29 is 4.79 Å². The molecule has 0 aliphatic rings. The van der Waals surface area contributed by atoms with Crippen LogP contribution in [0.5, 0.6) is 0 Å². The van der Waals surface area contributed by atoms with Crippen molar-refractivity contribution in [3.63, 3.8) is 0 Å². The number of amides is 1. The Morgan fingerprint density at radius 2 is 1.68 bits per heavy atom. The Morgan fingerprint density at radius 1 is 1.11 bits per heavy atom. The second-order valence-electron chi connectivity index (χ2n) is 4.42. The monoisotopic (exact) mass is 274 g/mol. The average molecular weight is 275 g/mol. The van der Waals surface area contributed by atoms with E-state index in [1.807, 2.05) is 32.0 Å². The van der Waals surface area contributed by atoms with Crippen LogP contribution in [0.2, 0.25) is 5.02 Å². The lowest BCUT2D eigenvalue weighted by molar-refractivity contribution is 0.102. The minimum absolute atomic E-state index is 0.291. The predicted molar refractivity (Wildman–Crippen MR) is 79.7 cm³/mol. The summed E-state index contributed by atoms with van der Waals surface area (Å²) in [5, 5.41) is 3.22. The van der Waals surface area contributed by atoms with Crippen molar-refractivity contribution in [2.75, 3.05) is 11.1 Å². The number of carbonyl (C=O) groups is 1. The third-order valence-electron chi connectivity index (χ3n) is 2.99. The van der Waals surface area contributed by atoms with Crippen LogP contribution < -0.4 is 11.1 Å². The number of hydrogen-bond acceptors (Lipinski definition) is 2. The van der Waals surface area contributed by atoms with Gasteiger partial charge in [0.05, 0.1) is 10.6 Å². The third kappa shape index (κ3) is 2.71. The van der Waals surface area contributed by atoms with Crippen LogP contribution in [0.1, 0.15) is 21.5 Å². The minimum atomic E-state index is -0.291. The second-order valence-corrected chi connectivity index (χ2v) is 4.83. The van der Waals surface area contributed by atoms with Gasteiger partial charge in [-0.3, -0.25) is 4.79 Å². The molecule has 1 amide bonds. The number of para-hydroxylation sites is 1. The number of rotatable bonds is 2. The molecule has 0 aliphatic heterocycles. The Morgan fingerprint density at radius 3 is 2.26 bits per heavy atom. The molecule has 0 saturated heterocycles. The first-order valence-electron chi connectivity index (χ1n) is 5.92. The van der Waals surface area contributed by atoms with Gasteiger partial charge in [0.15, 0.2) is 0 Å². The number of halogens is 1. The highest BCUT2D eigenvalue weighted by Gasteiger charge is 2.15. The summed E-state index contributed by atoms with van der Waals surface area (Å²) in [6.07, 6.45) is 0. The van der Waals surface area contributed by atoms with Gasteiger partial charge in [0.1, 0.15) is 0 Å². The van der Waals surface area contributed by atoms with Crippen molar-refractivity contribution in [2.24, 2.45) is 0 Å². The Bertz CT molecular complexity index is 598. The number of aryl methyl sites for hydroxylation is 2. The molecule has 0 unspecified atom stereocenters. The molecule has 0 radical (unpaired) electrons. The van der Waals surface area contributed by atoms with Crippen LogP contribution in [-0.4, -0.2) is 5.91 Å². The van der Waals surface area contributed by atoms with Crippen LogP contribution in [-0.2, 0) is 0 Å². The van der Waals surface area contributed by atoms with E-state index in [2.05, 4.69) is 5.32 Å². The molecular formula is C15H15ClN2O. The van der Waals surface area contributed by atoms with Crippen molar-refractivity contribution in [2.45, 2.75) is 13.8 Å². The lowest BCUT2D eigenvalue weighted by atomic mass is 10.1. The largest absolute Gasteiger partial charge is 0.398 e. The van der Waals surface area contributed by atoms with E-state index < -0.39 is 0 Å². The summed E-state index contributed by atoms with van der Waals surface area (Å²) in [6.45, 7) is 3.89. The van der Waals surface area contributed by atoms with E-state index in [0.29, 0.717) is 16.3 Å². The van der Waals surface area contributed by atoms with E-state index in [9.17, 15) is 4.79 Å². The van der Waals surface area contributed by atoms with Gasteiger partial charge < -0.3 is 11.1 Å². The number of benzene rings is 2. The fraction of sp³-hybridized carbons (Fsp3) is 0.133. The molecule has 0 aliphatic carbocycles. The summed E-state index contributed by atoms with van der Waals surface area (Å²) in [6, 6.07) is 10.9. The van der Waals surface area contributed by atoms with Crippen LogP contribution in [0.4, 0.5) is 11.4 Å². The molecule has 4 heteroatoms. The fourth-order valence-corrected chi connectivity index (χ4v) is 2.24. The second kappa shape index (κ2) is 5.33. The molecule has 0 heterocycles. The molecule has 3 nitrogen and oxygen atoms in total. The van der Waals surface area contributed by atoms with Gasteiger partial charge in [-0.15, -0.1) is 0 Å². The van der Waals surface area contributed by atoms with Gasteiger partial charge in [-0.2, -0.15) is 0 Å². The number of hydrogen-bond donors (Lipinski definition) is 2. The molecule has 0 atom stereocenters. The number of nitrogen functional groups attached to an aromatic ring is 1. The van der Waals surface area contributed by atoms with E-state index >= 15 is 0 Å². The summed E-state index contributed by atoms with van der Waals surface area (Å²) < 4.78 is 0. The highest BCUT2D eigenvalue weighted by Crippen LogP contribution is 2.25. The van der Waals surface area contributed by atoms with Crippen molar-refractivity contribution >= 4 is 28.9 Å². The first kappa shape index (κ1) is 13.4. The Balaban J connectivity index is 2.37. The zero-order valence-corrected chi connectivity index (χ0v) is 11.6. The highest BCUT2D eigenvalue weighted by atomic mass is 35.5. The summed E-state index contributed by atoms with van der Waals surface area (Å²) in [5.74, 6) is -0.291. The van der Waals surface area contributed by atoms with Crippen LogP contribution in [0, 0.1) is 13.8 Å². The lowest BCUT2D eigenvalue weighted by Gasteiger charge is -2.13. The van der Waals surface area contributed by atoms with Gasteiger partial charge in [-0.05, 0) is 37.1 Å². The van der Waals surface area contributed by atoms with Crippen LogP contribution in [0.25, 0.3) is 0 Å². The Kier molecular flexibility index (Phi) is 3.76. The van der Waals surface area contributed by atoms with Gasteiger partial charge in [0.25, 0.3) is 5.91 Å². The van der Waals surface area contributed by atoms with E-state index in [0.717, 1.165) is 16.8 Å². The molecule has 19 heavy (non-hydrogen) atoms. The quantitative estimate of drug-likeness (QED) is 0.819. The molecule has 3 N–H and O–H groups in total. The van der Waals surface area contributed by atoms with Gasteiger partial charge in [-0.1, -0.05) is 35.9 Å². The summed E-state index contributed by atoms with van der Waals surface area (Å²) in [5.41, 5.74) is 9.29. The standard InChI is InChI=1S/C15H15ClN2O/c1-9-5-3-6-10(2)14(9)18-15(19)13-11(16)7-4-8-12(13)17/h3-8H,17H2,1-2H3,(H,18,19). The first-order chi connectivity index (χ1) is 9.00. The topological polar surface area (TPSA) is 55.1 Å². The van der Waals surface area contributed by atoms with Gasteiger partial charge in [0.2, 0.25) is 0 Å². The smallest absolute Gasteiger partial charge is 0.259 e. The van der Waals surface area contributed by atoms with Crippen molar-refractivity contribution in [1.82, 2.24) is 0 Å². The minimum Gasteiger partial charge on any atom is -0.398 e. The first-order valence-corrected chi connectivity index (χ1v) is 6.30. The van der Waals surface area contributed by atoms with Crippen molar-refractivity contribution in [3.8, 4) is 0 Å². The molecule has 0 fully saturated rings. The number of carbonyl (C=O) groups excluding carboxylic acids is 1. The maximum absolute atomic E-state index is 12.3. The third-order valence-corrected chi connectivity index (χ3v) is 3.31. The van der Waals surface area contributed by atoms with E-state index in [4.69, 9.17) is 17.3 Å². The maximum atomic E-state index is 12.3. The summed E-state index contributed by atoms with van der Waals surface area (Å²) >= 11 is 6.03. The van der Waals surface area contributed by atoms with Crippen LogP contribution in [0.15, 0.2) is 36.4 Å². The van der Waals surface area contributed by atoms with Crippen molar-refractivity contribution in [3.05, 3.63) is 58.1 Å². The maximum Gasteiger partial charge on any atom is 0.259 e. The molecule has 2 aromatic carbocycles. The molecule has 0 aromatic heterocycles. The van der Waals surface area contributed by atoms with Gasteiger partial charge in [0, 0.05) is 11.4 Å². The highest BCUT2D eigenvalue weighted by molar-refractivity contribution is 6.35. The predicted octanol–water partition coefficient (Wildman–Crippen LogP) is 3.79. The Hall–Kier alpha value is -2.00. The normalized spacial score (nSPS) is 10.3. The Labute approximate surface area is 117 Å². The van der Waals surface area contributed by atoms with Crippen LogP contribution in [0.3, 0.4) is 0 Å². The molecule has 0 spiro atoms. The number of nitrogens with one attached hydrogen (secondary N) is 1. The average Bonchev–Trinajstić information content (AvgIpc) is 2.34. The summed E-state index contributed by atoms with van der Waals surface area (Å²) in [7, 11) is 0. The summed E-state index contributed by atoms with van der Waals surface area (Å²) in [4.78, 5) is 12.3. The molecule has 2 rings (SSSR count). The van der Waals surface area contributed by atoms with Gasteiger partial charge in [-0.25, -0.2) is 0 Å². The molecule has 0 bridgehead atoms.